The van der Waals surface area contributed by atoms with Gasteiger partial charge < -0.3 is 9.84 Å². The monoisotopic (exact) mass is 253 g/mol. The maximum atomic E-state index is 9.98. The van der Waals surface area contributed by atoms with Crippen LogP contribution in [0.2, 0.25) is 0 Å². The molecular formula is C16H15NO2. The zero-order chi connectivity index (χ0) is 13.5. The maximum absolute atomic E-state index is 9.98. The number of aliphatic hydroxyl groups excluding tert-OH is 1. The molecule has 3 heteroatoms. The van der Waals surface area contributed by atoms with E-state index in [0.29, 0.717) is 12.2 Å². The van der Waals surface area contributed by atoms with Gasteiger partial charge in [-0.2, -0.15) is 5.26 Å². The van der Waals surface area contributed by atoms with Gasteiger partial charge in [0, 0.05) is 0 Å². The van der Waals surface area contributed by atoms with E-state index in [4.69, 9.17) is 10.00 Å². The summed E-state index contributed by atoms with van der Waals surface area (Å²) in [4.78, 5) is 0. The average Bonchev–Trinajstić information content (AvgIpc) is 2.46. The molecule has 0 spiro atoms. The predicted octanol–water partition coefficient (Wildman–Crippen LogP) is 2.87. The third-order valence-electron chi connectivity index (χ3n) is 2.77. The van der Waals surface area contributed by atoms with Crippen molar-refractivity contribution in [3.63, 3.8) is 0 Å². The van der Waals surface area contributed by atoms with Gasteiger partial charge in [-0.3, -0.25) is 0 Å². The van der Waals surface area contributed by atoms with Crippen molar-refractivity contribution in [2.24, 2.45) is 0 Å². The van der Waals surface area contributed by atoms with E-state index in [2.05, 4.69) is 6.07 Å². The van der Waals surface area contributed by atoms with E-state index >= 15 is 0 Å². The molecule has 0 radical (unpaired) electrons. The van der Waals surface area contributed by atoms with Gasteiger partial charge in [-0.1, -0.05) is 42.5 Å². The zero-order valence-corrected chi connectivity index (χ0v) is 10.5. The molecule has 2 aromatic rings. The van der Waals surface area contributed by atoms with Crippen LogP contribution in [-0.4, -0.2) is 11.7 Å². The van der Waals surface area contributed by atoms with Crippen LogP contribution in [0.3, 0.4) is 0 Å². The normalized spacial score (nSPS) is 11.6. The minimum absolute atomic E-state index is 0.194. The van der Waals surface area contributed by atoms with Crippen LogP contribution in [0, 0.1) is 11.3 Å². The van der Waals surface area contributed by atoms with Crippen molar-refractivity contribution in [3.8, 4) is 11.8 Å². The first kappa shape index (κ1) is 13.1. The SMILES string of the molecule is N#CCc1cccc(OCC(O)c2ccccc2)c1. The van der Waals surface area contributed by atoms with Crippen LogP contribution in [0.5, 0.6) is 5.75 Å². The van der Waals surface area contributed by atoms with E-state index < -0.39 is 6.10 Å². The zero-order valence-electron chi connectivity index (χ0n) is 10.5. The fourth-order valence-electron chi connectivity index (χ4n) is 1.78. The second-order valence-electron chi connectivity index (χ2n) is 4.22. The van der Waals surface area contributed by atoms with Crippen molar-refractivity contribution in [2.75, 3.05) is 6.61 Å². The van der Waals surface area contributed by atoms with Crippen LogP contribution >= 0.6 is 0 Å². The number of hydrogen-bond acceptors (Lipinski definition) is 3. The van der Waals surface area contributed by atoms with Crippen LogP contribution in [0.25, 0.3) is 0 Å². The molecule has 0 aliphatic rings. The Bertz CT molecular complexity index is 560. The van der Waals surface area contributed by atoms with Gasteiger partial charge in [-0.05, 0) is 23.3 Å². The Balaban J connectivity index is 1.95. The van der Waals surface area contributed by atoms with E-state index in [9.17, 15) is 5.11 Å². The van der Waals surface area contributed by atoms with Gasteiger partial charge in [-0.15, -0.1) is 0 Å². The summed E-state index contributed by atoms with van der Waals surface area (Å²) in [6, 6.07) is 18.8. The minimum atomic E-state index is -0.652. The summed E-state index contributed by atoms with van der Waals surface area (Å²) in [6.07, 6.45) is -0.292. The Kier molecular flexibility index (Phi) is 4.54. The van der Waals surface area contributed by atoms with Crippen molar-refractivity contribution in [1.29, 1.82) is 5.26 Å². The lowest BCUT2D eigenvalue weighted by Gasteiger charge is -2.13. The Labute approximate surface area is 112 Å². The summed E-state index contributed by atoms with van der Waals surface area (Å²) in [7, 11) is 0. The molecule has 0 bridgehead atoms. The van der Waals surface area contributed by atoms with E-state index in [0.717, 1.165) is 11.1 Å². The molecule has 0 amide bonds. The molecule has 96 valence electrons. The number of ether oxygens (including phenoxy) is 1. The first-order valence-electron chi connectivity index (χ1n) is 6.11. The first-order chi connectivity index (χ1) is 9.29. The Morgan fingerprint density at radius 1 is 1.11 bits per heavy atom. The molecule has 0 aliphatic heterocycles. The highest BCUT2D eigenvalue weighted by Gasteiger charge is 2.07. The van der Waals surface area contributed by atoms with Gasteiger partial charge in [-0.25, -0.2) is 0 Å². The van der Waals surface area contributed by atoms with Crippen LogP contribution < -0.4 is 4.74 Å². The Morgan fingerprint density at radius 3 is 2.63 bits per heavy atom. The highest BCUT2D eigenvalue weighted by Crippen LogP contribution is 2.17. The fraction of sp³-hybridized carbons (Fsp3) is 0.188. The first-order valence-corrected chi connectivity index (χ1v) is 6.11. The van der Waals surface area contributed by atoms with Crippen LogP contribution in [0.1, 0.15) is 17.2 Å². The molecular weight excluding hydrogens is 238 g/mol. The van der Waals surface area contributed by atoms with Crippen molar-refractivity contribution in [1.82, 2.24) is 0 Å². The van der Waals surface area contributed by atoms with Crippen LogP contribution in [-0.2, 0) is 6.42 Å². The standard InChI is InChI=1S/C16H15NO2/c17-10-9-13-5-4-8-15(11-13)19-12-16(18)14-6-2-1-3-7-14/h1-8,11,16,18H,9,12H2. The van der Waals surface area contributed by atoms with Crippen molar-refractivity contribution < 1.29 is 9.84 Å². The molecule has 1 atom stereocenters. The highest BCUT2D eigenvalue weighted by atomic mass is 16.5. The molecule has 0 aromatic heterocycles. The molecule has 0 saturated carbocycles. The lowest BCUT2D eigenvalue weighted by molar-refractivity contribution is 0.108. The number of nitrogens with zero attached hydrogens (tertiary/aromatic N) is 1. The lowest BCUT2D eigenvalue weighted by atomic mass is 10.1. The summed E-state index contributed by atoms with van der Waals surface area (Å²) in [5, 5.41) is 18.6. The molecule has 0 saturated heterocycles. The topological polar surface area (TPSA) is 53.2 Å². The third kappa shape index (κ3) is 3.84. The number of benzene rings is 2. The molecule has 0 aliphatic carbocycles. The number of hydrogen-bond donors (Lipinski definition) is 1. The second kappa shape index (κ2) is 6.58. The van der Waals surface area contributed by atoms with Gasteiger partial charge in [0.15, 0.2) is 0 Å². The summed E-state index contributed by atoms with van der Waals surface area (Å²) in [5.74, 6) is 0.669. The average molecular weight is 253 g/mol. The van der Waals surface area contributed by atoms with Crippen molar-refractivity contribution in [2.45, 2.75) is 12.5 Å². The molecule has 2 aromatic carbocycles. The number of aliphatic hydroxyl groups is 1. The van der Waals surface area contributed by atoms with E-state index in [1.807, 2.05) is 54.6 Å². The Hall–Kier alpha value is -2.31. The molecule has 0 heterocycles. The van der Waals surface area contributed by atoms with Crippen LogP contribution in [0.4, 0.5) is 0 Å². The van der Waals surface area contributed by atoms with Gasteiger partial charge in [0.2, 0.25) is 0 Å². The summed E-state index contributed by atoms with van der Waals surface area (Å²) < 4.78 is 5.55. The molecule has 3 nitrogen and oxygen atoms in total. The number of nitriles is 1. The molecule has 1 unspecified atom stereocenters. The van der Waals surface area contributed by atoms with Gasteiger partial charge in [0.25, 0.3) is 0 Å². The number of rotatable bonds is 5. The molecule has 2 rings (SSSR count). The van der Waals surface area contributed by atoms with Crippen molar-refractivity contribution in [3.05, 3.63) is 65.7 Å². The largest absolute Gasteiger partial charge is 0.491 e. The predicted molar refractivity (Wildman–Crippen MR) is 72.7 cm³/mol. The van der Waals surface area contributed by atoms with E-state index in [-0.39, 0.29) is 6.61 Å². The fourth-order valence-corrected chi connectivity index (χ4v) is 1.78. The maximum Gasteiger partial charge on any atom is 0.119 e. The summed E-state index contributed by atoms with van der Waals surface area (Å²) >= 11 is 0. The summed E-state index contributed by atoms with van der Waals surface area (Å²) in [5.41, 5.74) is 1.74. The molecule has 1 N–H and O–H groups in total. The molecule has 19 heavy (non-hydrogen) atoms. The van der Waals surface area contributed by atoms with Gasteiger partial charge in [0.1, 0.15) is 18.5 Å². The summed E-state index contributed by atoms with van der Waals surface area (Å²) in [6.45, 7) is 0.194. The van der Waals surface area contributed by atoms with Crippen molar-refractivity contribution >= 4 is 0 Å². The van der Waals surface area contributed by atoms with Gasteiger partial charge >= 0.3 is 0 Å². The van der Waals surface area contributed by atoms with Crippen LogP contribution in [0.15, 0.2) is 54.6 Å². The van der Waals surface area contributed by atoms with E-state index in [1.165, 1.54) is 0 Å². The smallest absolute Gasteiger partial charge is 0.119 e. The second-order valence-corrected chi connectivity index (χ2v) is 4.22. The van der Waals surface area contributed by atoms with E-state index in [1.54, 1.807) is 0 Å². The Morgan fingerprint density at radius 2 is 1.89 bits per heavy atom. The third-order valence-corrected chi connectivity index (χ3v) is 2.77. The minimum Gasteiger partial charge on any atom is -0.491 e. The van der Waals surface area contributed by atoms with Gasteiger partial charge in [0.05, 0.1) is 12.5 Å². The molecule has 0 fully saturated rings. The lowest BCUT2D eigenvalue weighted by Crippen LogP contribution is -2.09. The quantitative estimate of drug-likeness (QED) is 0.891. The highest BCUT2D eigenvalue weighted by molar-refractivity contribution is 5.30.